The predicted molar refractivity (Wildman–Crippen MR) is 64.7 cm³/mol. The second-order valence-electron chi connectivity index (χ2n) is 3.25. The molecule has 0 aliphatic rings. The van der Waals surface area contributed by atoms with Crippen LogP contribution in [0.25, 0.3) is 0 Å². The molecule has 3 nitrogen and oxygen atoms in total. The van der Waals surface area contributed by atoms with Crippen LogP contribution in [0.5, 0.6) is 11.5 Å². The molecule has 1 aromatic rings. The zero-order chi connectivity index (χ0) is 11.4. The Bertz CT molecular complexity index is 353. The Morgan fingerprint density at radius 3 is 2.33 bits per heavy atom. The smallest absolute Gasteiger partial charge is 0.165 e. The van der Waals surface area contributed by atoms with Crippen molar-refractivity contribution in [3.63, 3.8) is 0 Å². The number of nitrogens with two attached hydrogens (primary N) is 1. The first kappa shape index (κ1) is 12.3. The van der Waals surface area contributed by atoms with Gasteiger partial charge in [0.1, 0.15) is 0 Å². The molecule has 4 heteroatoms. The van der Waals surface area contributed by atoms with Gasteiger partial charge in [0.2, 0.25) is 0 Å². The van der Waals surface area contributed by atoms with E-state index >= 15 is 0 Å². The number of benzene rings is 1. The van der Waals surface area contributed by atoms with Crippen LogP contribution in [0.4, 0.5) is 0 Å². The van der Waals surface area contributed by atoms with E-state index in [-0.39, 0.29) is 0 Å². The monoisotopic (exact) mass is 273 g/mol. The average molecular weight is 274 g/mol. The van der Waals surface area contributed by atoms with E-state index in [4.69, 9.17) is 15.2 Å². The van der Waals surface area contributed by atoms with Gasteiger partial charge >= 0.3 is 0 Å². The molecule has 0 bridgehead atoms. The van der Waals surface area contributed by atoms with Gasteiger partial charge in [0.15, 0.2) is 11.5 Å². The first-order valence-electron chi connectivity index (χ1n) is 4.75. The molecule has 1 aromatic carbocycles. The van der Waals surface area contributed by atoms with Crippen LogP contribution in [0.15, 0.2) is 10.5 Å². The second kappa shape index (κ2) is 5.37. The lowest BCUT2D eigenvalue weighted by atomic mass is 10.1. The molecule has 0 heterocycles. The fourth-order valence-corrected chi connectivity index (χ4v) is 2.02. The summed E-state index contributed by atoms with van der Waals surface area (Å²) in [4.78, 5) is 0. The van der Waals surface area contributed by atoms with Crippen LogP contribution in [0.3, 0.4) is 0 Å². The second-order valence-corrected chi connectivity index (χ2v) is 4.10. The van der Waals surface area contributed by atoms with Crippen LogP contribution >= 0.6 is 15.9 Å². The van der Waals surface area contributed by atoms with E-state index in [1.54, 1.807) is 14.2 Å². The molecular formula is C11H16BrNO2. The van der Waals surface area contributed by atoms with Gasteiger partial charge < -0.3 is 15.2 Å². The Labute approximate surface area is 98.7 Å². The molecule has 0 atom stereocenters. The molecule has 0 saturated heterocycles. The highest BCUT2D eigenvalue weighted by Gasteiger charge is 2.15. The highest BCUT2D eigenvalue weighted by atomic mass is 79.9. The molecule has 0 saturated carbocycles. The van der Waals surface area contributed by atoms with Crippen LogP contribution in [0, 0.1) is 6.92 Å². The SMILES string of the molecule is COc1c(CCN)cc(Br)c(C)c1OC. The van der Waals surface area contributed by atoms with Crippen LogP contribution < -0.4 is 15.2 Å². The van der Waals surface area contributed by atoms with Crippen molar-refractivity contribution < 1.29 is 9.47 Å². The molecule has 0 radical (unpaired) electrons. The number of hydrogen-bond acceptors (Lipinski definition) is 3. The normalized spacial score (nSPS) is 10.2. The van der Waals surface area contributed by atoms with Gasteiger partial charge in [0.25, 0.3) is 0 Å². The van der Waals surface area contributed by atoms with Gasteiger partial charge in [-0.3, -0.25) is 0 Å². The van der Waals surface area contributed by atoms with Crippen molar-refractivity contribution in [3.8, 4) is 11.5 Å². The Balaban J connectivity index is 3.33. The van der Waals surface area contributed by atoms with Gasteiger partial charge in [0.05, 0.1) is 14.2 Å². The van der Waals surface area contributed by atoms with E-state index in [2.05, 4.69) is 15.9 Å². The van der Waals surface area contributed by atoms with Crippen molar-refractivity contribution in [1.82, 2.24) is 0 Å². The maximum atomic E-state index is 5.55. The van der Waals surface area contributed by atoms with Crippen LogP contribution in [-0.2, 0) is 6.42 Å². The summed E-state index contributed by atoms with van der Waals surface area (Å²) in [7, 11) is 3.29. The van der Waals surface area contributed by atoms with Gasteiger partial charge in [-0.1, -0.05) is 15.9 Å². The Morgan fingerprint density at radius 1 is 1.27 bits per heavy atom. The summed E-state index contributed by atoms with van der Waals surface area (Å²) >= 11 is 3.49. The quantitative estimate of drug-likeness (QED) is 0.916. The van der Waals surface area contributed by atoms with Crippen LogP contribution in [0.2, 0.25) is 0 Å². The third kappa shape index (κ3) is 2.44. The molecule has 0 aliphatic carbocycles. The number of halogens is 1. The largest absolute Gasteiger partial charge is 0.493 e. The van der Waals surface area contributed by atoms with E-state index < -0.39 is 0 Å². The Morgan fingerprint density at radius 2 is 1.87 bits per heavy atom. The van der Waals surface area contributed by atoms with Gasteiger partial charge in [0, 0.05) is 15.6 Å². The topological polar surface area (TPSA) is 44.5 Å². The van der Waals surface area contributed by atoms with Crippen molar-refractivity contribution in [2.75, 3.05) is 20.8 Å². The van der Waals surface area contributed by atoms with Crippen LogP contribution in [-0.4, -0.2) is 20.8 Å². The molecule has 0 amide bonds. The lowest BCUT2D eigenvalue weighted by Crippen LogP contribution is -2.06. The highest BCUT2D eigenvalue weighted by molar-refractivity contribution is 9.10. The van der Waals surface area contributed by atoms with E-state index in [0.29, 0.717) is 6.54 Å². The number of methoxy groups -OCH3 is 2. The minimum Gasteiger partial charge on any atom is -0.493 e. The highest BCUT2D eigenvalue weighted by Crippen LogP contribution is 2.38. The van der Waals surface area contributed by atoms with Crippen molar-refractivity contribution in [3.05, 3.63) is 21.7 Å². The number of rotatable bonds is 4. The molecule has 0 spiro atoms. The van der Waals surface area contributed by atoms with Gasteiger partial charge in [-0.15, -0.1) is 0 Å². The fraction of sp³-hybridized carbons (Fsp3) is 0.455. The summed E-state index contributed by atoms with van der Waals surface area (Å²) in [6, 6.07) is 2.03. The lowest BCUT2D eigenvalue weighted by molar-refractivity contribution is 0.349. The van der Waals surface area contributed by atoms with E-state index in [1.165, 1.54) is 0 Å². The van der Waals surface area contributed by atoms with Crippen molar-refractivity contribution in [2.45, 2.75) is 13.3 Å². The first-order chi connectivity index (χ1) is 7.15. The summed E-state index contributed by atoms with van der Waals surface area (Å²) in [5.41, 5.74) is 7.65. The summed E-state index contributed by atoms with van der Waals surface area (Å²) in [6.07, 6.45) is 0.776. The van der Waals surface area contributed by atoms with Gasteiger partial charge in [-0.25, -0.2) is 0 Å². The van der Waals surface area contributed by atoms with E-state index in [0.717, 1.165) is 33.5 Å². The van der Waals surface area contributed by atoms with Crippen LogP contribution in [0.1, 0.15) is 11.1 Å². The summed E-state index contributed by atoms with van der Waals surface area (Å²) in [5.74, 6) is 1.55. The van der Waals surface area contributed by atoms with Crippen molar-refractivity contribution in [1.29, 1.82) is 0 Å². The maximum absolute atomic E-state index is 5.55. The molecule has 2 N–H and O–H groups in total. The Kier molecular flexibility index (Phi) is 4.42. The first-order valence-corrected chi connectivity index (χ1v) is 5.55. The molecule has 0 aromatic heterocycles. The fourth-order valence-electron chi connectivity index (χ4n) is 1.56. The number of hydrogen-bond donors (Lipinski definition) is 1. The third-order valence-corrected chi connectivity index (χ3v) is 3.14. The average Bonchev–Trinajstić information content (AvgIpc) is 2.23. The standard InChI is InChI=1S/C11H16BrNO2/c1-7-9(12)6-8(4-5-13)11(15-3)10(7)14-2/h6H,4-5,13H2,1-3H3. The zero-order valence-corrected chi connectivity index (χ0v) is 10.8. The van der Waals surface area contributed by atoms with Gasteiger partial charge in [-0.05, 0) is 26.0 Å². The summed E-state index contributed by atoms with van der Waals surface area (Å²) < 4.78 is 11.7. The predicted octanol–water partition coefficient (Wildman–Crippen LogP) is 2.28. The maximum Gasteiger partial charge on any atom is 0.165 e. The molecule has 0 aliphatic heterocycles. The van der Waals surface area contributed by atoms with Gasteiger partial charge in [-0.2, -0.15) is 0 Å². The lowest BCUT2D eigenvalue weighted by Gasteiger charge is -2.16. The molecule has 15 heavy (non-hydrogen) atoms. The third-order valence-electron chi connectivity index (χ3n) is 2.32. The molecule has 1 rings (SSSR count). The Hall–Kier alpha value is -0.740. The summed E-state index contributed by atoms with van der Waals surface area (Å²) in [6.45, 7) is 2.58. The minimum atomic E-state index is 0.592. The molecule has 0 unspecified atom stereocenters. The summed E-state index contributed by atoms with van der Waals surface area (Å²) in [5, 5.41) is 0. The molecule has 0 fully saturated rings. The van der Waals surface area contributed by atoms with E-state index in [9.17, 15) is 0 Å². The zero-order valence-electron chi connectivity index (χ0n) is 9.26. The van der Waals surface area contributed by atoms with E-state index in [1.807, 2.05) is 13.0 Å². The van der Waals surface area contributed by atoms with Crippen molar-refractivity contribution >= 4 is 15.9 Å². The number of ether oxygens (including phenoxy) is 2. The minimum absolute atomic E-state index is 0.592. The molecular weight excluding hydrogens is 258 g/mol. The van der Waals surface area contributed by atoms with Crippen molar-refractivity contribution in [2.24, 2.45) is 5.73 Å². The molecule has 84 valence electrons.